The van der Waals surface area contributed by atoms with Crippen LogP contribution in [0.4, 0.5) is 13.2 Å². The van der Waals surface area contributed by atoms with Gasteiger partial charge in [0.2, 0.25) is 10.0 Å². The normalized spacial score (nSPS) is 18.6. The average Bonchev–Trinajstić information content (AvgIpc) is 3.01. The van der Waals surface area contributed by atoms with Crippen LogP contribution in [0, 0.1) is 5.92 Å². The molecule has 0 saturated carbocycles. The molecule has 1 N–H and O–H groups in total. The topological polar surface area (TPSA) is 66.5 Å². The highest BCUT2D eigenvalue weighted by atomic mass is 32.2. The third-order valence-electron chi connectivity index (χ3n) is 3.82. The molecule has 0 aliphatic carbocycles. The van der Waals surface area contributed by atoms with Crippen LogP contribution in [0.2, 0.25) is 0 Å². The molecule has 2 rings (SSSR count). The average molecular weight is 362 g/mol. The summed E-state index contributed by atoms with van der Waals surface area (Å²) in [4.78, 5) is 13.8. The van der Waals surface area contributed by atoms with Gasteiger partial charge in [0.15, 0.2) is 0 Å². The van der Waals surface area contributed by atoms with Crippen molar-refractivity contribution in [1.29, 1.82) is 0 Å². The van der Waals surface area contributed by atoms with Gasteiger partial charge in [-0.05, 0) is 36.6 Å². The largest absolute Gasteiger partial charge is 0.416 e. The molecule has 5 nitrogen and oxygen atoms in total. The van der Waals surface area contributed by atoms with E-state index in [0.29, 0.717) is 19.5 Å². The Kier molecular flexibility index (Phi) is 5.34. The fraction of sp³-hybridized carbons (Fsp3) is 0.400. The van der Waals surface area contributed by atoms with Gasteiger partial charge in [0.25, 0.3) is 5.91 Å². The van der Waals surface area contributed by atoms with Crippen LogP contribution in [-0.2, 0) is 16.2 Å². The highest BCUT2D eigenvalue weighted by molar-refractivity contribution is 7.92. The summed E-state index contributed by atoms with van der Waals surface area (Å²) in [5.41, 5.74) is -0.632. The van der Waals surface area contributed by atoms with Crippen molar-refractivity contribution in [2.75, 3.05) is 19.6 Å². The van der Waals surface area contributed by atoms with Crippen LogP contribution >= 0.6 is 0 Å². The monoisotopic (exact) mass is 362 g/mol. The maximum absolute atomic E-state index is 12.5. The van der Waals surface area contributed by atoms with Gasteiger partial charge >= 0.3 is 6.18 Å². The van der Waals surface area contributed by atoms with Gasteiger partial charge in [0.05, 0.1) is 5.56 Å². The number of nitrogens with zero attached hydrogens (tertiary/aromatic N) is 1. The number of hydrogen-bond donors (Lipinski definition) is 1. The molecule has 0 aromatic heterocycles. The number of likely N-dealkylation sites (tertiary alicyclic amines) is 1. The Labute approximate surface area is 138 Å². The Morgan fingerprint density at radius 2 is 1.96 bits per heavy atom. The zero-order valence-corrected chi connectivity index (χ0v) is 13.5. The highest BCUT2D eigenvalue weighted by Gasteiger charge is 2.31. The molecule has 1 aliphatic rings. The van der Waals surface area contributed by atoms with E-state index in [1.807, 2.05) is 0 Å². The summed E-state index contributed by atoms with van der Waals surface area (Å²) in [5.74, 6) is -0.407. The summed E-state index contributed by atoms with van der Waals surface area (Å²) < 4.78 is 62.5. The Bertz CT molecular complexity index is 714. The van der Waals surface area contributed by atoms with Gasteiger partial charge < -0.3 is 4.90 Å². The van der Waals surface area contributed by atoms with Crippen LogP contribution in [-0.4, -0.2) is 38.9 Å². The van der Waals surface area contributed by atoms with Crippen molar-refractivity contribution >= 4 is 15.9 Å². The minimum absolute atomic E-state index is 0.0434. The molecule has 1 aliphatic heterocycles. The van der Waals surface area contributed by atoms with Gasteiger partial charge in [-0.15, -0.1) is 0 Å². The number of sulfonamides is 1. The van der Waals surface area contributed by atoms with Gasteiger partial charge in [0, 0.05) is 30.6 Å². The van der Waals surface area contributed by atoms with E-state index in [-0.39, 0.29) is 23.9 Å². The van der Waals surface area contributed by atoms with E-state index < -0.39 is 21.8 Å². The van der Waals surface area contributed by atoms with Gasteiger partial charge in [-0.25, -0.2) is 13.1 Å². The number of carbonyl (C=O) groups is 1. The first-order valence-corrected chi connectivity index (χ1v) is 8.75. The third kappa shape index (κ3) is 4.57. The fourth-order valence-electron chi connectivity index (χ4n) is 2.46. The van der Waals surface area contributed by atoms with Crippen molar-refractivity contribution in [3.8, 4) is 0 Å². The van der Waals surface area contributed by atoms with Gasteiger partial charge in [-0.2, -0.15) is 13.2 Å². The Morgan fingerprint density at radius 3 is 2.50 bits per heavy atom. The second-order valence-electron chi connectivity index (χ2n) is 5.54. The zero-order chi connectivity index (χ0) is 18.0. The summed E-state index contributed by atoms with van der Waals surface area (Å²) in [6.45, 7) is 4.15. The standard InChI is InChI=1S/C15H17F3N2O3S/c1-2-24(22,23)19-9-11-7-8-20(10-11)14(21)12-3-5-13(6-4-12)15(16,17)18/h2-6,11,19H,1,7-10H2/t11-/m1/s1. The molecule has 1 heterocycles. The first-order chi connectivity index (χ1) is 11.1. The molecular formula is C15H17F3N2O3S. The Hall–Kier alpha value is -1.87. The van der Waals surface area contributed by atoms with Gasteiger partial charge in [-0.3, -0.25) is 4.79 Å². The molecular weight excluding hydrogens is 345 g/mol. The molecule has 1 saturated heterocycles. The lowest BCUT2D eigenvalue weighted by molar-refractivity contribution is -0.137. The smallest absolute Gasteiger partial charge is 0.338 e. The van der Waals surface area contributed by atoms with Crippen LogP contribution in [0.1, 0.15) is 22.3 Å². The van der Waals surface area contributed by atoms with Crippen molar-refractivity contribution < 1.29 is 26.4 Å². The Balaban J connectivity index is 1.96. The number of benzene rings is 1. The number of carbonyl (C=O) groups excluding carboxylic acids is 1. The number of halogens is 3. The van der Waals surface area contributed by atoms with Crippen molar-refractivity contribution in [3.63, 3.8) is 0 Å². The number of rotatable bonds is 5. The van der Waals surface area contributed by atoms with Crippen molar-refractivity contribution in [2.24, 2.45) is 5.92 Å². The number of alkyl halides is 3. The lowest BCUT2D eigenvalue weighted by Crippen LogP contribution is -2.32. The molecule has 1 aromatic rings. The molecule has 0 bridgehead atoms. The first kappa shape index (κ1) is 18.5. The molecule has 0 spiro atoms. The predicted octanol–water partition coefficient (Wildman–Crippen LogP) is 2.23. The molecule has 1 amide bonds. The highest BCUT2D eigenvalue weighted by Crippen LogP contribution is 2.29. The van der Waals surface area contributed by atoms with E-state index in [1.165, 1.54) is 4.90 Å². The van der Waals surface area contributed by atoms with Crippen LogP contribution in [0.25, 0.3) is 0 Å². The molecule has 132 valence electrons. The minimum atomic E-state index is -4.44. The van der Waals surface area contributed by atoms with E-state index in [4.69, 9.17) is 0 Å². The predicted molar refractivity (Wildman–Crippen MR) is 82.6 cm³/mol. The molecule has 1 fully saturated rings. The first-order valence-electron chi connectivity index (χ1n) is 7.21. The third-order valence-corrected chi connectivity index (χ3v) is 4.83. The molecule has 1 aromatic carbocycles. The maximum atomic E-state index is 12.5. The molecule has 1 atom stereocenters. The summed E-state index contributed by atoms with van der Waals surface area (Å²) in [6, 6.07) is 4.05. The fourth-order valence-corrected chi connectivity index (χ4v) is 3.05. The van der Waals surface area contributed by atoms with E-state index >= 15 is 0 Å². The Morgan fingerprint density at radius 1 is 1.33 bits per heavy atom. The van der Waals surface area contributed by atoms with Crippen LogP contribution in [0.3, 0.4) is 0 Å². The maximum Gasteiger partial charge on any atom is 0.416 e. The van der Waals surface area contributed by atoms with E-state index in [9.17, 15) is 26.4 Å². The summed E-state index contributed by atoms with van der Waals surface area (Å²) >= 11 is 0. The van der Waals surface area contributed by atoms with Crippen LogP contribution in [0.5, 0.6) is 0 Å². The van der Waals surface area contributed by atoms with E-state index in [2.05, 4.69) is 11.3 Å². The lowest BCUT2D eigenvalue weighted by atomic mass is 10.1. The number of amides is 1. The SMILES string of the molecule is C=CS(=O)(=O)NC[C@H]1CCN(C(=O)c2ccc(C(F)(F)F)cc2)C1. The van der Waals surface area contributed by atoms with Crippen molar-refractivity contribution in [1.82, 2.24) is 9.62 Å². The van der Waals surface area contributed by atoms with Gasteiger partial charge in [-0.1, -0.05) is 6.58 Å². The molecule has 24 heavy (non-hydrogen) atoms. The second kappa shape index (κ2) is 6.94. The second-order valence-corrected chi connectivity index (χ2v) is 7.25. The quantitative estimate of drug-likeness (QED) is 0.874. The summed E-state index contributed by atoms with van der Waals surface area (Å²) in [7, 11) is -3.51. The zero-order valence-electron chi connectivity index (χ0n) is 12.7. The van der Waals surface area contributed by atoms with Crippen LogP contribution < -0.4 is 4.72 Å². The molecule has 0 unspecified atom stereocenters. The van der Waals surface area contributed by atoms with Crippen LogP contribution in [0.15, 0.2) is 36.3 Å². The van der Waals surface area contributed by atoms with Gasteiger partial charge in [0.1, 0.15) is 0 Å². The van der Waals surface area contributed by atoms with E-state index in [1.54, 1.807) is 0 Å². The van der Waals surface area contributed by atoms with E-state index in [0.717, 1.165) is 29.7 Å². The summed E-state index contributed by atoms with van der Waals surface area (Å²) in [5, 5.41) is 0.813. The minimum Gasteiger partial charge on any atom is -0.338 e. The number of hydrogen-bond acceptors (Lipinski definition) is 3. The number of nitrogens with one attached hydrogen (secondary N) is 1. The van der Waals surface area contributed by atoms with Crippen molar-refractivity contribution in [3.05, 3.63) is 47.4 Å². The molecule has 0 radical (unpaired) electrons. The molecule has 9 heteroatoms. The van der Waals surface area contributed by atoms with Crippen molar-refractivity contribution in [2.45, 2.75) is 12.6 Å². The summed E-state index contributed by atoms with van der Waals surface area (Å²) in [6.07, 6.45) is -3.82. The lowest BCUT2D eigenvalue weighted by Gasteiger charge is -2.17.